The molecule has 0 aliphatic rings. The molecule has 1 heterocycles. The molecule has 0 bridgehead atoms. The Morgan fingerprint density at radius 3 is 2.88 bits per heavy atom. The van der Waals surface area contributed by atoms with Crippen LogP contribution in [-0.4, -0.2) is 20.1 Å². The van der Waals surface area contributed by atoms with E-state index in [0.717, 1.165) is 6.42 Å². The Kier molecular flexibility index (Phi) is 3.49. The van der Waals surface area contributed by atoms with Crippen LogP contribution >= 0.6 is 0 Å². The van der Waals surface area contributed by atoms with Crippen LogP contribution in [0.2, 0.25) is 0 Å². The van der Waals surface area contributed by atoms with Crippen LogP contribution in [0.15, 0.2) is 30.5 Å². The van der Waals surface area contributed by atoms with Crippen LogP contribution < -0.4 is 0 Å². The first-order chi connectivity index (χ1) is 8.24. The van der Waals surface area contributed by atoms with Crippen LogP contribution in [0, 0.1) is 5.82 Å². The van der Waals surface area contributed by atoms with Crippen molar-refractivity contribution in [2.75, 3.05) is 0 Å². The quantitative estimate of drug-likeness (QED) is 0.880. The maximum absolute atomic E-state index is 13.5. The average molecular weight is 235 g/mol. The van der Waals surface area contributed by atoms with E-state index >= 15 is 0 Å². The Bertz CT molecular complexity index is 498. The number of rotatable bonds is 4. The fourth-order valence-electron chi connectivity index (χ4n) is 1.72. The van der Waals surface area contributed by atoms with Gasteiger partial charge in [0.2, 0.25) is 0 Å². The van der Waals surface area contributed by atoms with Crippen molar-refractivity contribution in [1.82, 2.24) is 15.0 Å². The molecule has 1 aromatic carbocycles. The van der Waals surface area contributed by atoms with E-state index in [9.17, 15) is 9.50 Å². The SMILES string of the molecule is CCCn1nncc1C(O)c1ccccc1F. The van der Waals surface area contributed by atoms with E-state index in [1.165, 1.54) is 12.3 Å². The van der Waals surface area contributed by atoms with Gasteiger partial charge in [0.25, 0.3) is 0 Å². The lowest BCUT2D eigenvalue weighted by atomic mass is 10.1. The minimum absolute atomic E-state index is 0.243. The second kappa shape index (κ2) is 5.05. The van der Waals surface area contributed by atoms with Gasteiger partial charge >= 0.3 is 0 Å². The fourth-order valence-corrected chi connectivity index (χ4v) is 1.72. The van der Waals surface area contributed by atoms with Gasteiger partial charge in [0.1, 0.15) is 11.9 Å². The lowest BCUT2D eigenvalue weighted by Crippen LogP contribution is -2.11. The van der Waals surface area contributed by atoms with Crippen LogP contribution in [0.25, 0.3) is 0 Å². The number of hydrogen-bond donors (Lipinski definition) is 1. The first-order valence-corrected chi connectivity index (χ1v) is 5.55. The normalized spacial score (nSPS) is 12.6. The third-order valence-corrected chi connectivity index (χ3v) is 2.56. The summed E-state index contributed by atoms with van der Waals surface area (Å²) < 4.78 is 15.1. The summed E-state index contributed by atoms with van der Waals surface area (Å²) in [6.07, 6.45) is 1.31. The molecule has 0 aliphatic carbocycles. The van der Waals surface area contributed by atoms with Crippen LogP contribution in [0.3, 0.4) is 0 Å². The van der Waals surface area contributed by atoms with E-state index < -0.39 is 11.9 Å². The zero-order valence-electron chi connectivity index (χ0n) is 9.55. The van der Waals surface area contributed by atoms with Gasteiger partial charge in [0.05, 0.1) is 11.9 Å². The summed E-state index contributed by atoms with van der Waals surface area (Å²) in [6.45, 7) is 2.65. The Labute approximate surface area is 98.7 Å². The molecule has 0 radical (unpaired) electrons. The molecule has 1 atom stereocenters. The number of aliphatic hydroxyl groups excluding tert-OH is 1. The first-order valence-electron chi connectivity index (χ1n) is 5.55. The van der Waals surface area contributed by atoms with Crippen molar-refractivity contribution >= 4 is 0 Å². The maximum Gasteiger partial charge on any atom is 0.129 e. The highest BCUT2D eigenvalue weighted by Gasteiger charge is 2.18. The van der Waals surface area contributed by atoms with Gasteiger partial charge < -0.3 is 5.11 Å². The number of aryl methyl sites for hydroxylation is 1. The summed E-state index contributed by atoms with van der Waals surface area (Å²) in [7, 11) is 0. The molecule has 0 fully saturated rings. The number of aromatic nitrogens is 3. The van der Waals surface area contributed by atoms with Crippen molar-refractivity contribution in [3.63, 3.8) is 0 Å². The Hall–Kier alpha value is -1.75. The predicted molar refractivity (Wildman–Crippen MR) is 60.8 cm³/mol. The molecular weight excluding hydrogens is 221 g/mol. The van der Waals surface area contributed by atoms with Crippen molar-refractivity contribution in [3.8, 4) is 0 Å². The number of aliphatic hydroxyl groups is 1. The highest BCUT2D eigenvalue weighted by atomic mass is 19.1. The van der Waals surface area contributed by atoms with Crippen LogP contribution in [-0.2, 0) is 6.54 Å². The van der Waals surface area contributed by atoms with Gasteiger partial charge in [-0.05, 0) is 12.5 Å². The lowest BCUT2D eigenvalue weighted by molar-refractivity contribution is 0.202. The zero-order valence-corrected chi connectivity index (χ0v) is 9.55. The molecule has 90 valence electrons. The molecule has 0 saturated heterocycles. The summed E-state index contributed by atoms with van der Waals surface area (Å²) in [6, 6.07) is 6.17. The summed E-state index contributed by atoms with van der Waals surface area (Å²) in [5.41, 5.74) is 0.754. The number of nitrogens with zero attached hydrogens (tertiary/aromatic N) is 3. The van der Waals surface area contributed by atoms with Gasteiger partial charge in [0.15, 0.2) is 0 Å². The Morgan fingerprint density at radius 1 is 1.41 bits per heavy atom. The molecular formula is C12H14FN3O. The third kappa shape index (κ3) is 2.34. The molecule has 17 heavy (non-hydrogen) atoms. The number of benzene rings is 1. The Balaban J connectivity index is 2.34. The summed E-state index contributed by atoms with van der Waals surface area (Å²) >= 11 is 0. The van der Waals surface area contributed by atoms with E-state index in [1.807, 2.05) is 6.92 Å². The van der Waals surface area contributed by atoms with E-state index in [0.29, 0.717) is 12.2 Å². The van der Waals surface area contributed by atoms with E-state index in [2.05, 4.69) is 10.3 Å². The van der Waals surface area contributed by atoms with E-state index in [4.69, 9.17) is 0 Å². The first kappa shape index (κ1) is 11.7. The second-order valence-electron chi connectivity index (χ2n) is 3.81. The van der Waals surface area contributed by atoms with Gasteiger partial charge in [-0.1, -0.05) is 30.3 Å². The van der Waals surface area contributed by atoms with Crippen molar-refractivity contribution < 1.29 is 9.50 Å². The van der Waals surface area contributed by atoms with Crippen LogP contribution in [0.1, 0.15) is 30.7 Å². The molecule has 1 unspecified atom stereocenters. The van der Waals surface area contributed by atoms with Gasteiger partial charge in [-0.15, -0.1) is 5.10 Å². The summed E-state index contributed by atoms with van der Waals surface area (Å²) in [5, 5.41) is 17.7. The van der Waals surface area contributed by atoms with Gasteiger partial charge in [0, 0.05) is 12.1 Å². The molecule has 2 rings (SSSR count). The highest BCUT2D eigenvalue weighted by Crippen LogP contribution is 2.23. The van der Waals surface area contributed by atoms with Crippen molar-refractivity contribution in [2.45, 2.75) is 26.0 Å². The number of halogens is 1. The molecule has 5 heteroatoms. The minimum Gasteiger partial charge on any atom is -0.382 e. The third-order valence-electron chi connectivity index (χ3n) is 2.56. The molecule has 0 aliphatic heterocycles. The lowest BCUT2D eigenvalue weighted by Gasteiger charge is -2.12. The Morgan fingerprint density at radius 2 is 2.18 bits per heavy atom. The van der Waals surface area contributed by atoms with Gasteiger partial charge in [-0.3, -0.25) is 0 Å². The molecule has 1 aromatic heterocycles. The second-order valence-corrected chi connectivity index (χ2v) is 3.81. The molecule has 4 nitrogen and oxygen atoms in total. The molecule has 1 N–H and O–H groups in total. The minimum atomic E-state index is -1.03. The van der Waals surface area contributed by atoms with Crippen molar-refractivity contribution in [2.24, 2.45) is 0 Å². The standard InChI is InChI=1S/C12H14FN3O/c1-2-7-16-11(8-14-15-16)12(17)9-5-3-4-6-10(9)13/h3-6,8,12,17H,2,7H2,1H3. The van der Waals surface area contributed by atoms with Crippen LogP contribution in [0.4, 0.5) is 4.39 Å². The molecule has 2 aromatic rings. The molecule has 0 amide bonds. The van der Waals surface area contributed by atoms with Gasteiger partial charge in [-0.2, -0.15) is 0 Å². The number of hydrogen-bond acceptors (Lipinski definition) is 3. The molecule has 0 spiro atoms. The maximum atomic E-state index is 13.5. The smallest absolute Gasteiger partial charge is 0.129 e. The van der Waals surface area contributed by atoms with E-state index in [1.54, 1.807) is 22.9 Å². The predicted octanol–water partition coefficient (Wildman–Crippen LogP) is 1.91. The van der Waals surface area contributed by atoms with Gasteiger partial charge in [-0.25, -0.2) is 9.07 Å². The highest BCUT2D eigenvalue weighted by molar-refractivity contribution is 5.25. The summed E-state index contributed by atoms with van der Waals surface area (Å²) in [5.74, 6) is -0.427. The zero-order chi connectivity index (χ0) is 12.3. The van der Waals surface area contributed by atoms with Crippen molar-refractivity contribution in [3.05, 3.63) is 47.5 Å². The topological polar surface area (TPSA) is 50.9 Å². The monoisotopic (exact) mass is 235 g/mol. The van der Waals surface area contributed by atoms with Crippen molar-refractivity contribution in [1.29, 1.82) is 0 Å². The average Bonchev–Trinajstić information content (AvgIpc) is 2.78. The summed E-state index contributed by atoms with van der Waals surface area (Å²) in [4.78, 5) is 0. The van der Waals surface area contributed by atoms with Crippen LogP contribution in [0.5, 0.6) is 0 Å². The largest absolute Gasteiger partial charge is 0.382 e. The van der Waals surface area contributed by atoms with E-state index in [-0.39, 0.29) is 5.56 Å². The fraction of sp³-hybridized carbons (Fsp3) is 0.333. The molecule has 0 saturated carbocycles.